The number of halogens is 6. The predicted molar refractivity (Wildman–Crippen MR) is 76.1 cm³/mol. The molecule has 1 aromatic carbocycles. The topological polar surface area (TPSA) is 69.7 Å². The van der Waals surface area contributed by atoms with Crippen LogP contribution < -0.4 is 0 Å². The zero-order chi connectivity index (χ0) is 20.2. The van der Waals surface area contributed by atoms with E-state index in [2.05, 4.69) is 8.92 Å². The zero-order valence-electron chi connectivity index (χ0n) is 13.2. The number of benzene rings is 1. The van der Waals surface area contributed by atoms with E-state index in [4.69, 9.17) is 0 Å². The van der Waals surface area contributed by atoms with E-state index >= 15 is 0 Å². The van der Waals surface area contributed by atoms with E-state index in [1.807, 2.05) is 0 Å². The zero-order valence-corrected chi connectivity index (χ0v) is 14.0. The number of rotatable bonds is 8. The van der Waals surface area contributed by atoms with Crippen molar-refractivity contribution in [2.45, 2.75) is 36.8 Å². The number of esters is 1. The van der Waals surface area contributed by atoms with Crippen molar-refractivity contribution >= 4 is 16.1 Å². The molecule has 1 rings (SSSR count). The second-order valence-electron chi connectivity index (χ2n) is 5.10. The Balaban J connectivity index is 2.84. The van der Waals surface area contributed by atoms with Gasteiger partial charge < -0.3 is 4.74 Å². The van der Waals surface area contributed by atoms with Crippen molar-refractivity contribution in [1.29, 1.82) is 0 Å². The summed E-state index contributed by atoms with van der Waals surface area (Å²) in [4.78, 5) is 11.5. The smallest absolute Gasteiger partial charge is 0.467 e. The molecule has 0 spiro atoms. The number of hydrogen-bond acceptors (Lipinski definition) is 5. The minimum absolute atomic E-state index is 0.0293. The van der Waals surface area contributed by atoms with Gasteiger partial charge in [0.05, 0.1) is 7.11 Å². The van der Waals surface area contributed by atoms with E-state index in [-0.39, 0.29) is 12.8 Å². The fraction of sp³-hybridized carbons (Fsp3) is 0.500. The summed E-state index contributed by atoms with van der Waals surface area (Å²) < 4.78 is 106. The van der Waals surface area contributed by atoms with Gasteiger partial charge in [-0.3, -0.25) is 0 Å². The molecule has 1 atom stereocenters. The molecule has 0 aliphatic heterocycles. The molecule has 0 fully saturated rings. The first-order valence-corrected chi connectivity index (χ1v) is 8.42. The molecule has 1 aromatic rings. The van der Waals surface area contributed by atoms with Crippen LogP contribution in [0.4, 0.5) is 26.3 Å². The lowest BCUT2D eigenvalue weighted by Gasteiger charge is -2.22. The Labute approximate surface area is 145 Å². The molecule has 0 heterocycles. The highest BCUT2D eigenvalue weighted by Gasteiger charge is 2.69. The van der Waals surface area contributed by atoms with Crippen molar-refractivity contribution in [2.75, 3.05) is 7.11 Å². The molecule has 12 heteroatoms. The van der Waals surface area contributed by atoms with E-state index in [1.165, 1.54) is 12.1 Å². The summed E-state index contributed by atoms with van der Waals surface area (Å²) >= 11 is 0. The molecule has 0 aromatic heterocycles. The van der Waals surface area contributed by atoms with E-state index in [0.717, 1.165) is 19.2 Å². The van der Waals surface area contributed by atoms with E-state index in [1.54, 1.807) is 0 Å². The van der Waals surface area contributed by atoms with Crippen LogP contribution in [0, 0.1) is 5.82 Å². The summed E-state index contributed by atoms with van der Waals surface area (Å²) in [6.07, 6.45) is -8.98. The van der Waals surface area contributed by atoms with Crippen molar-refractivity contribution in [3.63, 3.8) is 0 Å². The van der Waals surface area contributed by atoms with Crippen LogP contribution in [0.15, 0.2) is 24.3 Å². The van der Waals surface area contributed by atoms with E-state index in [9.17, 15) is 39.6 Å². The van der Waals surface area contributed by atoms with Gasteiger partial charge in [-0.2, -0.15) is 30.4 Å². The van der Waals surface area contributed by atoms with Gasteiger partial charge in [0.25, 0.3) is 0 Å². The molecule has 0 aliphatic carbocycles. The molecule has 0 saturated carbocycles. The highest BCUT2D eigenvalue weighted by Crippen LogP contribution is 2.41. The number of carbonyl (C=O) groups is 1. The van der Waals surface area contributed by atoms with Gasteiger partial charge in [0, 0.05) is 0 Å². The van der Waals surface area contributed by atoms with Gasteiger partial charge in [-0.25, -0.2) is 13.4 Å². The highest BCUT2D eigenvalue weighted by atomic mass is 32.2. The molecule has 0 N–H and O–H groups in total. The van der Waals surface area contributed by atoms with Crippen LogP contribution >= 0.6 is 0 Å². The van der Waals surface area contributed by atoms with E-state index in [0.29, 0.717) is 5.56 Å². The molecule has 26 heavy (non-hydrogen) atoms. The SMILES string of the molecule is COC(=O)C(CCCc1ccc(F)cc1)OS(=O)(=O)C(F)(F)C(F)(F)F. The van der Waals surface area contributed by atoms with Crippen molar-refractivity contribution < 1.29 is 48.5 Å². The van der Waals surface area contributed by atoms with Crippen molar-refractivity contribution in [2.24, 2.45) is 0 Å². The maximum Gasteiger partial charge on any atom is 0.472 e. The van der Waals surface area contributed by atoms with Crippen LogP contribution in [0.1, 0.15) is 18.4 Å². The second kappa shape index (κ2) is 8.25. The summed E-state index contributed by atoms with van der Waals surface area (Å²) in [5.41, 5.74) is 0.568. The van der Waals surface area contributed by atoms with Crippen molar-refractivity contribution in [3.05, 3.63) is 35.6 Å². The number of alkyl halides is 5. The molecule has 148 valence electrons. The minimum atomic E-state index is -6.48. The van der Waals surface area contributed by atoms with Gasteiger partial charge in [-0.15, -0.1) is 0 Å². The normalized spacial score (nSPS) is 14.1. The molecule has 0 amide bonds. The Morgan fingerprint density at radius 1 is 1.12 bits per heavy atom. The minimum Gasteiger partial charge on any atom is -0.467 e. The number of ether oxygens (including phenoxy) is 1. The Morgan fingerprint density at radius 3 is 2.12 bits per heavy atom. The number of aryl methyl sites for hydroxylation is 1. The lowest BCUT2D eigenvalue weighted by Crippen LogP contribution is -2.47. The van der Waals surface area contributed by atoms with E-state index < -0.39 is 45.9 Å². The summed E-state index contributed by atoms with van der Waals surface area (Å²) in [6, 6.07) is 5.05. The Kier molecular flexibility index (Phi) is 7.05. The third kappa shape index (κ3) is 5.34. The number of hydrogen-bond donors (Lipinski definition) is 0. The first-order valence-electron chi connectivity index (χ1n) is 7.01. The largest absolute Gasteiger partial charge is 0.472 e. The first kappa shape index (κ1) is 22.2. The molecule has 0 saturated heterocycles. The van der Waals surface area contributed by atoms with Crippen LogP contribution in [0.25, 0.3) is 0 Å². The average Bonchev–Trinajstić information content (AvgIpc) is 2.53. The van der Waals surface area contributed by atoms with Crippen LogP contribution in [0.3, 0.4) is 0 Å². The first-order chi connectivity index (χ1) is 11.8. The quantitative estimate of drug-likeness (QED) is 0.375. The van der Waals surface area contributed by atoms with Gasteiger partial charge in [-0.1, -0.05) is 12.1 Å². The lowest BCUT2D eigenvalue weighted by molar-refractivity contribution is -0.244. The molecule has 0 bridgehead atoms. The number of carbonyl (C=O) groups excluding carboxylic acids is 1. The fourth-order valence-corrected chi connectivity index (χ4v) is 2.72. The summed E-state index contributed by atoms with van der Waals surface area (Å²) in [6.45, 7) is 0. The number of methoxy groups -OCH3 is 1. The molecule has 0 radical (unpaired) electrons. The maximum atomic E-state index is 13.0. The molecular formula is C14H14F6O5S. The lowest BCUT2D eigenvalue weighted by atomic mass is 10.1. The second-order valence-corrected chi connectivity index (χ2v) is 6.71. The van der Waals surface area contributed by atoms with Gasteiger partial charge in [0.1, 0.15) is 5.82 Å². The van der Waals surface area contributed by atoms with Gasteiger partial charge >= 0.3 is 27.5 Å². The third-order valence-corrected chi connectivity index (χ3v) is 4.54. The summed E-state index contributed by atoms with van der Waals surface area (Å²) in [5, 5.41) is -6.19. The molecule has 5 nitrogen and oxygen atoms in total. The predicted octanol–water partition coefficient (Wildman–Crippen LogP) is 3.19. The van der Waals surface area contributed by atoms with Gasteiger partial charge in [-0.05, 0) is 37.0 Å². The van der Waals surface area contributed by atoms with Crippen molar-refractivity contribution in [3.8, 4) is 0 Å². The third-order valence-electron chi connectivity index (χ3n) is 3.20. The van der Waals surface area contributed by atoms with Crippen LogP contribution in [0.5, 0.6) is 0 Å². The van der Waals surface area contributed by atoms with Crippen LogP contribution in [-0.2, 0) is 30.3 Å². The molecular weight excluding hydrogens is 394 g/mol. The Bertz CT molecular complexity index is 714. The van der Waals surface area contributed by atoms with Crippen LogP contribution in [-0.4, -0.2) is 39.0 Å². The Morgan fingerprint density at radius 2 is 1.65 bits per heavy atom. The van der Waals surface area contributed by atoms with Gasteiger partial charge in [0.15, 0.2) is 6.10 Å². The maximum absolute atomic E-state index is 13.0. The van der Waals surface area contributed by atoms with Gasteiger partial charge in [0.2, 0.25) is 0 Å². The fourth-order valence-electron chi connectivity index (χ4n) is 1.83. The Hall–Kier alpha value is -1.82. The monoisotopic (exact) mass is 408 g/mol. The highest BCUT2D eigenvalue weighted by molar-refractivity contribution is 7.87. The average molecular weight is 408 g/mol. The van der Waals surface area contributed by atoms with Crippen LogP contribution in [0.2, 0.25) is 0 Å². The summed E-state index contributed by atoms with van der Waals surface area (Å²) in [7, 11) is -5.70. The molecule has 0 aliphatic rings. The standard InChI is InChI=1S/C14H14F6O5S/c1-24-12(21)11(4-2-3-9-5-7-10(15)8-6-9)25-26(22,23)14(19,20)13(16,17)18/h5-8,11H,2-4H2,1H3. The summed E-state index contributed by atoms with van der Waals surface area (Å²) in [5.74, 6) is -1.93. The molecule has 1 unspecified atom stereocenters. The van der Waals surface area contributed by atoms with Crippen molar-refractivity contribution in [1.82, 2.24) is 0 Å².